The molecule has 4 heteroatoms. The molecular weight excluding hydrogens is 255 g/mol. The molecule has 108 valence electrons. The quantitative estimate of drug-likeness (QED) is 0.788. The van der Waals surface area contributed by atoms with Gasteiger partial charge in [-0.3, -0.25) is 9.69 Å². The van der Waals surface area contributed by atoms with Gasteiger partial charge in [-0.05, 0) is 36.7 Å². The molecule has 1 aliphatic heterocycles. The Labute approximate surface area is 119 Å². The maximum absolute atomic E-state index is 12.8. The van der Waals surface area contributed by atoms with Crippen molar-refractivity contribution in [1.29, 1.82) is 0 Å². The summed E-state index contributed by atoms with van der Waals surface area (Å²) in [6.07, 6.45) is 4.46. The summed E-state index contributed by atoms with van der Waals surface area (Å²) in [6, 6.07) is 6.12. The SMILES string of the molecule is CCCN1CCN(C(=O)/C=C/c2ccc(F)cc2)CC1. The fourth-order valence-electron chi connectivity index (χ4n) is 2.35. The number of hydrogen-bond acceptors (Lipinski definition) is 2. The zero-order valence-corrected chi connectivity index (χ0v) is 11.9. The van der Waals surface area contributed by atoms with Crippen LogP contribution in [0.1, 0.15) is 18.9 Å². The predicted molar refractivity (Wildman–Crippen MR) is 78.7 cm³/mol. The number of benzene rings is 1. The Balaban J connectivity index is 1.85. The number of carbonyl (C=O) groups is 1. The van der Waals surface area contributed by atoms with Gasteiger partial charge in [0, 0.05) is 32.3 Å². The molecule has 1 aromatic rings. The van der Waals surface area contributed by atoms with E-state index in [1.165, 1.54) is 12.1 Å². The molecule has 0 saturated carbocycles. The molecule has 1 aliphatic rings. The lowest BCUT2D eigenvalue weighted by Gasteiger charge is -2.34. The van der Waals surface area contributed by atoms with Gasteiger partial charge in [-0.2, -0.15) is 0 Å². The van der Waals surface area contributed by atoms with E-state index >= 15 is 0 Å². The van der Waals surface area contributed by atoms with Gasteiger partial charge < -0.3 is 4.90 Å². The Morgan fingerprint density at radius 1 is 1.20 bits per heavy atom. The van der Waals surface area contributed by atoms with Crippen LogP contribution in [0.3, 0.4) is 0 Å². The van der Waals surface area contributed by atoms with Crippen molar-refractivity contribution in [3.05, 3.63) is 41.7 Å². The maximum Gasteiger partial charge on any atom is 0.246 e. The van der Waals surface area contributed by atoms with E-state index in [4.69, 9.17) is 0 Å². The number of rotatable bonds is 4. The van der Waals surface area contributed by atoms with Crippen LogP contribution >= 0.6 is 0 Å². The van der Waals surface area contributed by atoms with Crippen LogP contribution in [-0.4, -0.2) is 48.4 Å². The number of halogens is 1. The summed E-state index contributed by atoms with van der Waals surface area (Å²) in [6.45, 7) is 6.74. The van der Waals surface area contributed by atoms with Crippen molar-refractivity contribution < 1.29 is 9.18 Å². The molecular formula is C16H21FN2O. The molecule has 2 rings (SSSR count). The van der Waals surface area contributed by atoms with Crippen LogP contribution in [0.4, 0.5) is 4.39 Å². The number of carbonyl (C=O) groups excluding carboxylic acids is 1. The first-order chi connectivity index (χ1) is 9.69. The fourth-order valence-corrected chi connectivity index (χ4v) is 2.35. The molecule has 0 atom stereocenters. The molecule has 1 saturated heterocycles. The summed E-state index contributed by atoms with van der Waals surface area (Å²) in [5.41, 5.74) is 0.837. The average molecular weight is 276 g/mol. The zero-order chi connectivity index (χ0) is 14.4. The van der Waals surface area contributed by atoms with Crippen molar-refractivity contribution in [3.63, 3.8) is 0 Å². The van der Waals surface area contributed by atoms with Crippen LogP contribution in [0.15, 0.2) is 30.3 Å². The molecule has 0 radical (unpaired) electrons. The lowest BCUT2D eigenvalue weighted by atomic mass is 10.2. The topological polar surface area (TPSA) is 23.6 Å². The Kier molecular flexibility index (Phi) is 5.30. The largest absolute Gasteiger partial charge is 0.337 e. The molecule has 0 spiro atoms. The molecule has 0 aliphatic carbocycles. The monoisotopic (exact) mass is 276 g/mol. The molecule has 1 aromatic carbocycles. The number of nitrogens with zero attached hydrogens (tertiary/aromatic N) is 2. The normalized spacial score (nSPS) is 16.8. The minimum Gasteiger partial charge on any atom is -0.337 e. The van der Waals surface area contributed by atoms with E-state index in [0.717, 1.165) is 44.7 Å². The molecule has 0 unspecified atom stereocenters. The van der Waals surface area contributed by atoms with Crippen LogP contribution in [0.5, 0.6) is 0 Å². The molecule has 1 fully saturated rings. The van der Waals surface area contributed by atoms with E-state index in [9.17, 15) is 9.18 Å². The molecule has 0 N–H and O–H groups in total. The minimum atomic E-state index is -0.263. The van der Waals surface area contributed by atoms with Crippen molar-refractivity contribution in [2.75, 3.05) is 32.7 Å². The summed E-state index contributed by atoms with van der Waals surface area (Å²) < 4.78 is 12.8. The smallest absolute Gasteiger partial charge is 0.246 e. The first-order valence-electron chi connectivity index (χ1n) is 7.14. The summed E-state index contributed by atoms with van der Waals surface area (Å²) in [7, 11) is 0. The van der Waals surface area contributed by atoms with E-state index in [2.05, 4.69) is 11.8 Å². The third kappa shape index (κ3) is 4.17. The van der Waals surface area contributed by atoms with Gasteiger partial charge in [0.1, 0.15) is 5.82 Å². The first-order valence-corrected chi connectivity index (χ1v) is 7.14. The van der Waals surface area contributed by atoms with Crippen molar-refractivity contribution in [2.45, 2.75) is 13.3 Å². The molecule has 1 amide bonds. The van der Waals surface area contributed by atoms with Crippen LogP contribution in [0.2, 0.25) is 0 Å². The highest BCUT2D eigenvalue weighted by atomic mass is 19.1. The summed E-state index contributed by atoms with van der Waals surface area (Å²) in [5.74, 6) is -0.231. The van der Waals surface area contributed by atoms with Crippen LogP contribution < -0.4 is 0 Å². The highest BCUT2D eigenvalue weighted by molar-refractivity contribution is 5.91. The van der Waals surface area contributed by atoms with Crippen molar-refractivity contribution >= 4 is 12.0 Å². The fraction of sp³-hybridized carbons (Fsp3) is 0.438. The second-order valence-corrected chi connectivity index (χ2v) is 5.05. The number of amides is 1. The highest BCUT2D eigenvalue weighted by Crippen LogP contribution is 2.07. The van der Waals surface area contributed by atoms with Gasteiger partial charge in [-0.25, -0.2) is 4.39 Å². The lowest BCUT2D eigenvalue weighted by molar-refractivity contribution is -0.127. The van der Waals surface area contributed by atoms with Gasteiger partial charge in [-0.15, -0.1) is 0 Å². The van der Waals surface area contributed by atoms with Crippen molar-refractivity contribution in [1.82, 2.24) is 9.80 Å². The number of piperazine rings is 1. The second kappa shape index (κ2) is 7.20. The van der Waals surface area contributed by atoms with Crippen LogP contribution in [0, 0.1) is 5.82 Å². The first kappa shape index (κ1) is 14.7. The van der Waals surface area contributed by atoms with Gasteiger partial charge in [0.05, 0.1) is 0 Å². The van der Waals surface area contributed by atoms with E-state index in [-0.39, 0.29) is 11.7 Å². The van der Waals surface area contributed by atoms with Crippen LogP contribution in [0.25, 0.3) is 6.08 Å². The van der Waals surface area contributed by atoms with E-state index in [1.54, 1.807) is 24.3 Å². The molecule has 1 heterocycles. The second-order valence-electron chi connectivity index (χ2n) is 5.05. The summed E-state index contributed by atoms with van der Waals surface area (Å²) in [5, 5.41) is 0. The Morgan fingerprint density at radius 2 is 1.85 bits per heavy atom. The van der Waals surface area contributed by atoms with Crippen molar-refractivity contribution in [2.24, 2.45) is 0 Å². The average Bonchev–Trinajstić information content (AvgIpc) is 2.47. The van der Waals surface area contributed by atoms with Gasteiger partial charge in [-0.1, -0.05) is 19.1 Å². The van der Waals surface area contributed by atoms with E-state index < -0.39 is 0 Å². The molecule has 20 heavy (non-hydrogen) atoms. The lowest BCUT2D eigenvalue weighted by Crippen LogP contribution is -2.48. The van der Waals surface area contributed by atoms with E-state index in [0.29, 0.717) is 0 Å². The van der Waals surface area contributed by atoms with Gasteiger partial charge in [0.2, 0.25) is 5.91 Å². The zero-order valence-electron chi connectivity index (χ0n) is 11.9. The predicted octanol–water partition coefficient (Wildman–Crippen LogP) is 2.39. The maximum atomic E-state index is 12.8. The van der Waals surface area contributed by atoms with Gasteiger partial charge in [0.15, 0.2) is 0 Å². The highest BCUT2D eigenvalue weighted by Gasteiger charge is 2.18. The molecule has 3 nitrogen and oxygen atoms in total. The van der Waals surface area contributed by atoms with Gasteiger partial charge in [0.25, 0.3) is 0 Å². The minimum absolute atomic E-state index is 0.0328. The molecule has 0 bridgehead atoms. The summed E-state index contributed by atoms with van der Waals surface area (Å²) >= 11 is 0. The van der Waals surface area contributed by atoms with Crippen LogP contribution in [-0.2, 0) is 4.79 Å². The third-order valence-corrected chi connectivity index (χ3v) is 3.51. The van der Waals surface area contributed by atoms with Gasteiger partial charge >= 0.3 is 0 Å². The third-order valence-electron chi connectivity index (χ3n) is 3.51. The summed E-state index contributed by atoms with van der Waals surface area (Å²) in [4.78, 5) is 16.3. The van der Waals surface area contributed by atoms with E-state index in [1.807, 2.05) is 4.90 Å². The number of hydrogen-bond donors (Lipinski definition) is 0. The Hall–Kier alpha value is -1.68. The van der Waals surface area contributed by atoms with Crippen molar-refractivity contribution in [3.8, 4) is 0 Å². The molecule has 0 aromatic heterocycles. The Morgan fingerprint density at radius 3 is 2.45 bits per heavy atom. The Bertz CT molecular complexity index is 462. The standard InChI is InChI=1S/C16H21FN2O/c1-2-9-18-10-12-19(13-11-18)16(20)8-5-14-3-6-15(17)7-4-14/h3-8H,2,9-13H2,1H3/b8-5+.